The average Bonchev–Trinajstić information content (AvgIpc) is 3.25. The number of nitrogens with zero attached hydrogens (tertiary/aromatic N) is 4. The fourth-order valence-corrected chi connectivity index (χ4v) is 3.60. The van der Waals surface area contributed by atoms with Gasteiger partial charge >= 0.3 is 0 Å². The Morgan fingerprint density at radius 1 is 1.03 bits per heavy atom. The zero-order chi connectivity index (χ0) is 20.1. The van der Waals surface area contributed by atoms with E-state index in [0.717, 1.165) is 38.4 Å². The van der Waals surface area contributed by atoms with E-state index in [2.05, 4.69) is 34.3 Å². The van der Waals surface area contributed by atoms with Crippen molar-refractivity contribution in [2.24, 2.45) is 0 Å². The quantitative estimate of drug-likeness (QED) is 0.643. The molecule has 0 bridgehead atoms. The molecule has 0 N–H and O–H groups in total. The van der Waals surface area contributed by atoms with Crippen molar-refractivity contribution in [3.05, 3.63) is 89.2 Å². The smallest absolute Gasteiger partial charge is 0.257 e. The van der Waals surface area contributed by atoms with E-state index in [9.17, 15) is 4.79 Å². The number of hydrogen-bond donors (Lipinski definition) is 0. The molecule has 2 aromatic carbocycles. The van der Waals surface area contributed by atoms with Crippen LogP contribution in [0.15, 0.2) is 73.1 Å². The van der Waals surface area contributed by atoms with Gasteiger partial charge in [-0.15, -0.1) is 0 Å². The van der Waals surface area contributed by atoms with Gasteiger partial charge in [0.1, 0.15) is 0 Å². The molecular weight excluding hydrogens is 384 g/mol. The fourth-order valence-electron chi connectivity index (χ4n) is 3.41. The molecule has 29 heavy (non-hydrogen) atoms. The second-order valence-corrected chi connectivity index (χ2v) is 7.50. The zero-order valence-corrected chi connectivity index (χ0v) is 16.9. The molecule has 0 radical (unpaired) electrons. The van der Waals surface area contributed by atoms with Crippen LogP contribution < -0.4 is 0 Å². The van der Waals surface area contributed by atoms with Crippen molar-refractivity contribution < 1.29 is 4.79 Å². The van der Waals surface area contributed by atoms with Crippen LogP contribution in [0.4, 0.5) is 0 Å². The van der Waals surface area contributed by atoms with E-state index in [1.807, 2.05) is 47.4 Å². The van der Waals surface area contributed by atoms with E-state index in [1.165, 1.54) is 5.56 Å². The van der Waals surface area contributed by atoms with E-state index >= 15 is 0 Å². The molecule has 0 saturated carbocycles. The standard InChI is InChI=1S/C23H23ClN4O/c24-21-9-4-10-22(16-21)28-18-20(17-25-28)23(29)27-14-12-26(13-15-27)11-5-8-19-6-2-1-3-7-19/h1-10,16-18H,11-15H2/b8-5+. The number of carbonyl (C=O) groups is 1. The van der Waals surface area contributed by atoms with Crippen LogP contribution in [0.1, 0.15) is 15.9 Å². The van der Waals surface area contributed by atoms with Crippen LogP contribution in [-0.2, 0) is 0 Å². The molecule has 1 aliphatic rings. The number of aromatic nitrogens is 2. The molecule has 0 aliphatic carbocycles. The molecule has 0 unspecified atom stereocenters. The van der Waals surface area contributed by atoms with Crippen molar-refractivity contribution in [1.82, 2.24) is 19.6 Å². The zero-order valence-electron chi connectivity index (χ0n) is 16.1. The van der Waals surface area contributed by atoms with Crippen molar-refractivity contribution in [3.63, 3.8) is 0 Å². The summed E-state index contributed by atoms with van der Waals surface area (Å²) < 4.78 is 1.68. The van der Waals surface area contributed by atoms with Gasteiger partial charge in [0.2, 0.25) is 0 Å². The molecular formula is C23H23ClN4O. The van der Waals surface area contributed by atoms with E-state index in [4.69, 9.17) is 11.6 Å². The van der Waals surface area contributed by atoms with E-state index in [0.29, 0.717) is 10.6 Å². The Morgan fingerprint density at radius 3 is 2.59 bits per heavy atom. The number of halogens is 1. The average molecular weight is 407 g/mol. The van der Waals surface area contributed by atoms with Gasteiger partial charge in [-0.3, -0.25) is 9.69 Å². The van der Waals surface area contributed by atoms with Gasteiger partial charge in [-0.2, -0.15) is 5.10 Å². The topological polar surface area (TPSA) is 41.4 Å². The SMILES string of the molecule is O=C(c1cnn(-c2cccc(Cl)c2)c1)N1CCN(C/C=C/c2ccccc2)CC1. The van der Waals surface area contributed by atoms with Gasteiger partial charge in [0, 0.05) is 43.9 Å². The summed E-state index contributed by atoms with van der Waals surface area (Å²) >= 11 is 6.04. The van der Waals surface area contributed by atoms with Gasteiger partial charge in [-0.1, -0.05) is 60.2 Å². The van der Waals surface area contributed by atoms with Gasteiger partial charge in [-0.05, 0) is 23.8 Å². The molecule has 5 nitrogen and oxygen atoms in total. The highest BCUT2D eigenvalue weighted by atomic mass is 35.5. The highest BCUT2D eigenvalue weighted by molar-refractivity contribution is 6.30. The second kappa shape index (κ2) is 9.07. The number of rotatable bonds is 5. The number of benzene rings is 2. The summed E-state index contributed by atoms with van der Waals surface area (Å²) in [7, 11) is 0. The second-order valence-electron chi connectivity index (χ2n) is 7.06. The number of piperazine rings is 1. The molecule has 0 spiro atoms. The molecule has 1 saturated heterocycles. The normalized spacial score (nSPS) is 15.1. The van der Waals surface area contributed by atoms with Crippen molar-refractivity contribution >= 4 is 23.6 Å². The van der Waals surface area contributed by atoms with Crippen molar-refractivity contribution in [3.8, 4) is 5.69 Å². The van der Waals surface area contributed by atoms with Gasteiger partial charge in [0.15, 0.2) is 0 Å². The summed E-state index contributed by atoms with van der Waals surface area (Å²) in [5.41, 5.74) is 2.65. The predicted molar refractivity (Wildman–Crippen MR) is 116 cm³/mol. The highest BCUT2D eigenvalue weighted by Gasteiger charge is 2.22. The third-order valence-corrected chi connectivity index (χ3v) is 5.27. The molecule has 0 atom stereocenters. The first-order valence-corrected chi connectivity index (χ1v) is 10.1. The summed E-state index contributed by atoms with van der Waals surface area (Å²) in [5, 5.41) is 4.96. The lowest BCUT2D eigenvalue weighted by atomic mass is 10.2. The predicted octanol–water partition coefficient (Wildman–Crippen LogP) is 4.00. The van der Waals surface area contributed by atoms with Crippen molar-refractivity contribution in [1.29, 1.82) is 0 Å². The van der Waals surface area contributed by atoms with Gasteiger partial charge in [-0.25, -0.2) is 4.68 Å². The Bertz CT molecular complexity index is 991. The number of amides is 1. The third-order valence-electron chi connectivity index (χ3n) is 5.04. The Morgan fingerprint density at radius 2 is 1.83 bits per heavy atom. The summed E-state index contributed by atoms with van der Waals surface area (Å²) in [5.74, 6) is 0.0257. The minimum absolute atomic E-state index is 0.0257. The lowest BCUT2D eigenvalue weighted by Gasteiger charge is -2.34. The first kappa shape index (κ1) is 19.4. The van der Waals surface area contributed by atoms with E-state index in [1.54, 1.807) is 17.1 Å². The number of carbonyl (C=O) groups excluding carboxylic acids is 1. The molecule has 4 rings (SSSR count). The van der Waals surface area contributed by atoms with Crippen molar-refractivity contribution in [2.45, 2.75) is 0 Å². The van der Waals surface area contributed by atoms with Crippen molar-refractivity contribution in [2.75, 3.05) is 32.7 Å². The molecule has 2 heterocycles. The molecule has 1 aliphatic heterocycles. The minimum Gasteiger partial charge on any atom is -0.336 e. The Labute approximate surface area is 175 Å². The third kappa shape index (κ3) is 4.94. The lowest BCUT2D eigenvalue weighted by molar-refractivity contribution is 0.0650. The fraction of sp³-hybridized carbons (Fsp3) is 0.217. The molecule has 1 fully saturated rings. The Hall–Kier alpha value is -2.89. The van der Waals surface area contributed by atoms with Crippen LogP contribution in [0.5, 0.6) is 0 Å². The van der Waals surface area contributed by atoms with Crippen LogP contribution in [0.3, 0.4) is 0 Å². The van der Waals surface area contributed by atoms with Crippen LogP contribution >= 0.6 is 11.6 Å². The first-order chi connectivity index (χ1) is 14.2. The monoisotopic (exact) mass is 406 g/mol. The van der Waals surface area contributed by atoms with Gasteiger partial charge in [0.25, 0.3) is 5.91 Å². The maximum atomic E-state index is 12.8. The Kier molecular flexibility index (Phi) is 6.08. The molecule has 1 amide bonds. The molecule has 3 aromatic rings. The lowest BCUT2D eigenvalue weighted by Crippen LogP contribution is -2.48. The Balaban J connectivity index is 1.31. The van der Waals surface area contributed by atoms with E-state index < -0.39 is 0 Å². The van der Waals surface area contributed by atoms with Crippen LogP contribution in [0.25, 0.3) is 11.8 Å². The number of hydrogen-bond acceptors (Lipinski definition) is 3. The van der Waals surface area contributed by atoms with Gasteiger partial charge < -0.3 is 4.90 Å². The van der Waals surface area contributed by atoms with Crippen LogP contribution in [0.2, 0.25) is 5.02 Å². The summed E-state index contributed by atoms with van der Waals surface area (Å²) in [6.45, 7) is 4.07. The molecule has 6 heteroatoms. The molecule has 1 aromatic heterocycles. The van der Waals surface area contributed by atoms with Crippen LogP contribution in [-0.4, -0.2) is 58.2 Å². The highest BCUT2D eigenvalue weighted by Crippen LogP contribution is 2.16. The first-order valence-electron chi connectivity index (χ1n) is 9.73. The maximum Gasteiger partial charge on any atom is 0.257 e. The minimum atomic E-state index is 0.0257. The van der Waals surface area contributed by atoms with Crippen LogP contribution in [0, 0.1) is 0 Å². The maximum absolute atomic E-state index is 12.8. The summed E-state index contributed by atoms with van der Waals surface area (Å²) in [6, 6.07) is 17.7. The largest absolute Gasteiger partial charge is 0.336 e. The van der Waals surface area contributed by atoms with Gasteiger partial charge in [0.05, 0.1) is 17.4 Å². The molecule has 148 valence electrons. The summed E-state index contributed by atoms with van der Waals surface area (Å²) in [6.07, 6.45) is 7.71. The summed E-state index contributed by atoms with van der Waals surface area (Å²) in [4.78, 5) is 17.1. The van der Waals surface area contributed by atoms with E-state index in [-0.39, 0.29) is 5.91 Å².